The lowest BCUT2D eigenvalue weighted by Gasteiger charge is -2.13. The van der Waals surface area contributed by atoms with Crippen LogP contribution >= 0.6 is 23.2 Å². The molecule has 0 aliphatic rings. The number of halogens is 2. The Morgan fingerprint density at radius 1 is 1.08 bits per heavy atom. The number of carbonyl (C=O) groups is 2. The van der Waals surface area contributed by atoms with Crippen molar-refractivity contribution in [3.05, 3.63) is 69.7 Å². The van der Waals surface area contributed by atoms with Crippen LogP contribution in [-0.2, 0) is 9.53 Å². The highest BCUT2D eigenvalue weighted by atomic mass is 35.5. The van der Waals surface area contributed by atoms with Crippen LogP contribution in [0, 0.1) is 0 Å². The maximum atomic E-state index is 11.9. The van der Waals surface area contributed by atoms with Gasteiger partial charge in [0.2, 0.25) is 0 Å². The summed E-state index contributed by atoms with van der Waals surface area (Å²) in [6.45, 7) is 2.13. The second-order valence-electron chi connectivity index (χ2n) is 5.32. The Balaban J connectivity index is 1.78. The molecule has 2 aromatic carbocycles. The topological polar surface area (TPSA) is 55.4 Å². The Hall–Kier alpha value is -2.04. The van der Waals surface area contributed by atoms with Gasteiger partial charge in [-0.2, -0.15) is 0 Å². The van der Waals surface area contributed by atoms with Crippen molar-refractivity contribution in [1.82, 2.24) is 5.32 Å². The lowest BCUT2D eigenvalue weighted by Crippen LogP contribution is -2.31. The quantitative estimate of drug-likeness (QED) is 0.784. The van der Waals surface area contributed by atoms with E-state index >= 15 is 0 Å². The molecule has 0 radical (unpaired) electrons. The van der Waals surface area contributed by atoms with Crippen molar-refractivity contribution < 1.29 is 14.3 Å². The Morgan fingerprint density at radius 2 is 1.79 bits per heavy atom. The molecule has 6 heteroatoms. The zero-order valence-corrected chi connectivity index (χ0v) is 14.6. The Kier molecular flexibility index (Phi) is 6.64. The first kappa shape index (κ1) is 18.3. The van der Waals surface area contributed by atoms with Gasteiger partial charge in [-0.1, -0.05) is 60.5 Å². The van der Waals surface area contributed by atoms with Crippen molar-refractivity contribution >= 4 is 35.1 Å². The third-order valence-electron chi connectivity index (χ3n) is 3.46. The van der Waals surface area contributed by atoms with Crippen LogP contribution in [0.4, 0.5) is 0 Å². The number of carbonyl (C=O) groups excluding carboxylic acids is 2. The average Bonchev–Trinajstić information content (AvgIpc) is 2.60. The van der Waals surface area contributed by atoms with E-state index in [1.165, 1.54) is 18.2 Å². The number of rotatable bonds is 6. The molecule has 1 N–H and O–H groups in total. The van der Waals surface area contributed by atoms with Gasteiger partial charge < -0.3 is 10.1 Å². The summed E-state index contributed by atoms with van der Waals surface area (Å²) < 4.78 is 4.97. The highest BCUT2D eigenvalue weighted by Gasteiger charge is 2.13. The highest BCUT2D eigenvalue weighted by molar-refractivity contribution is 6.42. The summed E-state index contributed by atoms with van der Waals surface area (Å²) in [5.41, 5.74) is 1.38. The molecule has 1 atom stereocenters. The van der Waals surface area contributed by atoms with Crippen molar-refractivity contribution in [2.24, 2.45) is 0 Å². The van der Waals surface area contributed by atoms with E-state index in [0.717, 1.165) is 5.56 Å². The molecule has 4 nitrogen and oxygen atoms in total. The van der Waals surface area contributed by atoms with Crippen LogP contribution < -0.4 is 5.32 Å². The number of benzene rings is 2. The van der Waals surface area contributed by atoms with Crippen LogP contribution in [0.5, 0.6) is 0 Å². The molecule has 0 aliphatic heterocycles. The molecular weight excluding hydrogens is 349 g/mol. The minimum Gasteiger partial charge on any atom is -0.452 e. The predicted octanol–water partition coefficient (Wildman–Crippen LogP) is 4.07. The molecule has 0 aliphatic carbocycles. The van der Waals surface area contributed by atoms with Crippen LogP contribution in [0.1, 0.15) is 28.8 Å². The van der Waals surface area contributed by atoms with E-state index in [1.54, 1.807) is 0 Å². The van der Waals surface area contributed by atoms with Gasteiger partial charge in [-0.3, -0.25) is 4.79 Å². The first-order chi connectivity index (χ1) is 11.5. The van der Waals surface area contributed by atoms with E-state index < -0.39 is 5.97 Å². The van der Waals surface area contributed by atoms with E-state index in [9.17, 15) is 9.59 Å². The Morgan fingerprint density at radius 3 is 2.46 bits per heavy atom. The van der Waals surface area contributed by atoms with Crippen LogP contribution in [-0.4, -0.2) is 25.0 Å². The Bertz CT molecular complexity index is 719. The molecular formula is C18H17Cl2NO3. The summed E-state index contributed by atoms with van der Waals surface area (Å²) in [5, 5.41) is 3.35. The third-order valence-corrected chi connectivity index (χ3v) is 4.20. The summed E-state index contributed by atoms with van der Waals surface area (Å²) in [5.74, 6) is -0.813. The molecule has 0 saturated carbocycles. The number of esters is 1. The number of hydrogen-bond acceptors (Lipinski definition) is 3. The monoisotopic (exact) mass is 365 g/mol. The minimum atomic E-state index is -0.625. The second kappa shape index (κ2) is 8.71. The molecule has 0 heterocycles. The molecule has 2 aromatic rings. The fourth-order valence-electron chi connectivity index (χ4n) is 2.05. The molecule has 126 valence electrons. The lowest BCUT2D eigenvalue weighted by atomic mass is 10.0. The molecule has 0 spiro atoms. The van der Waals surface area contributed by atoms with Gasteiger partial charge in [-0.25, -0.2) is 4.79 Å². The lowest BCUT2D eigenvalue weighted by molar-refractivity contribution is -0.124. The van der Waals surface area contributed by atoms with Crippen molar-refractivity contribution in [2.75, 3.05) is 13.2 Å². The van der Waals surface area contributed by atoms with Gasteiger partial charge in [-0.15, -0.1) is 0 Å². The SMILES string of the molecule is C[C@@H](CNC(=O)COC(=O)c1ccc(Cl)c(Cl)c1)c1ccccc1. The first-order valence-electron chi connectivity index (χ1n) is 7.41. The summed E-state index contributed by atoms with van der Waals surface area (Å²) in [6.07, 6.45) is 0. The average molecular weight is 366 g/mol. The predicted molar refractivity (Wildman–Crippen MR) is 94.6 cm³/mol. The number of nitrogens with one attached hydrogen (secondary N) is 1. The second-order valence-corrected chi connectivity index (χ2v) is 6.14. The zero-order valence-electron chi connectivity index (χ0n) is 13.1. The Labute approximate surface area is 150 Å². The summed E-state index contributed by atoms with van der Waals surface area (Å²) in [6, 6.07) is 14.2. The van der Waals surface area contributed by atoms with Gasteiger partial charge in [0.15, 0.2) is 6.61 Å². The smallest absolute Gasteiger partial charge is 0.338 e. The van der Waals surface area contributed by atoms with E-state index in [2.05, 4.69) is 5.32 Å². The largest absolute Gasteiger partial charge is 0.452 e. The van der Waals surface area contributed by atoms with Crippen molar-refractivity contribution in [2.45, 2.75) is 12.8 Å². The number of amides is 1. The standard InChI is InChI=1S/C18H17Cl2NO3/c1-12(13-5-3-2-4-6-13)10-21-17(22)11-24-18(23)14-7-8-15(19)16(20)9-14/h2-9,12H,10-11H2,1H3,(H,21,22)/t12-/m0/s1. The number of hydrogen-bond donors (Lipinski definition) is 1. The maximum Gasteiger partial charge on any atom is 0.338 e. The van der Waals surface area contributed by atoms with Gasteiger partial charge >= 0.3 is 5.97 Å². The van der Waals surface area contributed by atoms with Gasteiger partial charge in [0.05, 0.1) is 15.6 Å². The molecule has 0 aromatic heterocycles. The van der Waals surface area contributed by atoms with Gasteiger partial charge in [0.1, 0.15) is 0 Å². The van der Waals surface area contributed by atoms with Crippen LogP contribution in [0.25, 0.3) is 0 Å². The maximum absolute atomic E-state index is 11.9. The van der Waals surface area contributed by atoms with Gasteiger partial charge in [-0.05, 0) is 29.7 Å². The van der Waals surface area contributed by atoms with Crippen molar-refractivity contribution in [3.63, 3.8) is 0 Å². The number of ether oxygens (including phenoxy) is 1. The van der Waals surface area contributed by atoms with Gasteiger partial charge in [0.25, 0.3) is 5.91 Å². The van der Waals surface area contributed by atoms with Crippen LogP contribution in [0.15, 0.2) is 48.5 Å². The molecule has 0 fully saturated rings. The summed E-state index contributed by atoms with van der Waals surface area (Å²) in [4.78, 5) is 23.7. The zero-order chi connectivity index (χ0) is 17.5. The molecule has 0 saturated heterocycles. The minimum absolute atomic E-state index is 0.168. The molecule has 0 bridgehead atoms. The molecule has 24 heavy (non-hydrogen) atoms. The molecule has 1 amide bonds. The first-order valence-corrected chi connectivity index (χ1v) is 8.17. The highest BCUT2D eigenvalue weighted by Crippen LogP contribution is 2.22. The fraction of sp³-hybridized carbons (Fsp3) is 0.222. The van der Waals surface area contributed by atoms with Crippen LogP contribution in [0.3, 0.4) is 0 Å². The molecule has 2 rings (SSSR count). The normalized spacial score (nSPS) is 11.6. The van der Waals surface area contributed by atoms with Gasteiger partial charge in [0, 0.05) is 6.54 Å². The summed E-state index contributed by atoms with van der Waals surface area (Å²) >= 11 is 11.6. The van der Waals surface area contributed by atoms with Crippen LogP contribution in [0.2, 0.25) is 10.0 Å². The summed E-state index contributed by atoms with van der Waals surface area (Å²) in [7, 11) is 0. The fourth-order valence-corrected chi connectivity index (χ4v) is 2.35. The van der Waals surface area contributed by atoms with Crippen molar-refractivity contribution in [1.29, 1.82) is 0 Å². The van der Waals surface area contributed by atoms with E-state index in [4.69, 9.17) is 27.9 Å². The molecule has 0 unspecified atom stereocenters. The third kappa shape index (κ3) is 5.25. The van der Waals surface area contributed by atoms with E-state index in [1.807, 2.05) is 37.3 Å². The van der Waals surface area contributed by atoms with Crippen molar-refractivity contribution in [3.8, 4) is 0 Å². The van der Waals surface area contributed by atoms with E-state index in [0.29, 0.717) is 11.6 Å². The van der Waals surface area contributed by atoms with E-state index in [-0.39, 0.29) is 29.0 Å².